The van der Waals surface area contributed by atoms with Crippen molar-refractivity contribution in [3.05, 3.63) is 63.2 Å². The zero-order valence-electron chi connectivity index (χ0n) is 11.5. The van der Waals surface area contributed by atoms with E-state index in [0.29, 0.717) is 0 Å². The highest BCUT2D eigenvalue weighted by atomic mass is 35.5. The van der Waals surface area contributed by atoms with Gasteiger partial charge < -0.3 is 9.76 Å². The first-order valence-electron chi connectivity index (χ1n) is 6.32. The molecule has 8 heteroatoms. The third kappa shape index (κ3) is 3.63. The van der Waals surface area contributed by atoms with E-state index in [4.69, 9.17) is 16.3 Å². The molecular weight excluding hydrogens is 308 g/mol. The van der Waals surface area contributed by atoms with E-state index in [1.807, 2.05) is 0 Å². The number of carbonyl (C=O) groups is 1. The fourth-order valence-corrected chi connectivity index (χ4v) is 1.96. The van der Waals surface area contributed by atoms with E-state index in [1.54, 1.807) is 18.2 Å². The largest absolute Gasteiger partial charge is 0.446 e. The molecule has 0 spiro atoms. The number of rotatable bonds is 4. The van der Waals surface area contributed by atoms with Gasteiger partial charge in [0.05, 0.1) is 15.5 Å². The lowest BCUT2D eigenvalue weighted by Crippen LogP contribution is -2.28. The van der Waals surface area contributed by atoms with Gasteiger partial charge in [0.2, 0.25) is 0 Å². The molecule has 112 valence electrons. The Morgan fingerprint density at radius 2 is 2.00 bits per heavy atom. The third-order valence-electron chi connectivity index (χ3n) is 2.91. The Balaban J connectivity index is 2.37. The molecule has 0 saturated carbocycles. The molecule has 2 rings (SSSR count). The number of halogens is 1. The van der Waals surface area contributed by atoms with E-state index in [0.717, 1.165) is 6.07 Å². The summed E-state index contributed by atoms with van der Waals surface area (Å²) in [6.07, 6.45) is 0. The average Bonchev–Trinajstić information content (AvgIpc) is 2.49. The predicted octanol–water partition coefficient (Wildman–Crippen LogP) is 2.29. The summed E-state index contributed by atoms with van der Waals surface area (Å²) in [6, 6.07) is 10.0. The monoisotopic (exact) mass is 319 g/mol. The molecule has 0 bridgehead atoms. The highest BCUT2D eigenvalue weighted by molar-refractivity contribution is 6.65. The summed E-state index contributed by atoms with van der Waals surface area (Å²) in [6.45, 7) is 0.495. The van der Waals surface area contributed by atoms with Crippen LogP contribution >= 0.6 is 11.6 Å². The van der Waals surface area contributed by atoms with Crippen LogP contribution in [0.3, 0.4) is 0 Å². The molecule has 0 aromatic heterocycles. The van der Waals surface area contributed by atoms with Crippen LogP contribution < -0.4 is 10.2 Å². The standard InChI is InChI=1S/C14H11BClNO5/c1-15(19)10-6-9(7-11(8-10)17(20)21)14(18)22-13-5-3-2-4-12(13)16/h2-8,19H,1H3. The van der Waals surface area contributed by atoms with Crippen molar-refractivity contribution in [1.82, 2.24) is 0 Å². The van der Waals surface area contributed by atoms with Crippen LogP contribution in [0.25, 0.3) is 0 Å². The van der Waals surface area contributed by atoms with Gasteiger partial charge in [-0.05, 0) is 17.6 Å². The smallest absolute Gasteiger partial charge is 0.343 e. The lowest BCUT2D eigenvalue weighted by atomic mass is 9.64. The number of para-hydroxylation sites is 1. The second-order valence-electron chi connectivity index (χ2n) is 4.57. The van der Waals surface area contributed by atoms with Gasteiger partial charge in [-0.15, -0.1) is 0 Å². The fraction of sp³-hybridized carbons (Fsp3) is 0.0714. The molecule has 0 heterocycles. The molecule has 2 aromatic carbocycles. The van der Waals surface area contributed by atoms with Crippen molar-refractivity contribution >= 4 is 35.6 Å². The number of esters is 1. The quantitative estimate of drug-likeness (QED) is 0.307. The zero-order chi connectivity index (χ0) is 16.3. The van der Waals surface area contributed by atoms with Crippen LogP contribution in [0, 0.1) is 10.1 Å². The summed E-state index contributed by atoms with van der Waals surface area (Å²) >= 11 is 5.89. The first-order chi connectivity index (χ1) is 10.4. The minimum atomic E-state index is -0.952. The number of carbonyl (C=O) groups excluding carboxylic acids is 1. The van der Waals surface area contributed by atoms with Gasteiger partial charge in [0, 0.05) is 12.1 Å². The van der Waals surface area contributed by atoms with Gasteiger partial charge in [-0.25, -0.2) is 4.79 Å². The number of nitro benzene ring substituents is 1. The first kappa shape index (κ1) is 16.0. The van der Waals surface area contributed by atoms with Crippen LogP contribution in [-0.4, -0.2) is 22.8 Å². The number of nitrogens with zero attached hydrogens (tertiary/aromatic N) is 1. The Morgan fingerprint density at radius 1 is 1.32 bits per heavy atom. The molecule has 0 aliphatic rings. The van der Waals surface area contributed by atoms with E-state index in [1.165, 1.54) is 25.0 Å². The summed E-state index contributed by atoms with van der Waals surface area (Å²) < 4.78 is 5.13. The van der Waals surface area contributed by atoms with Crippen molar-refractivity contribution in [2.45, 2.75) is 6.82 Å². The van der Waals surface area contributed by atoms with E-state index < -0.39 is 17.8 Å². The minimum absolute atomic E-state index is 0.0370. The molecule has 6 nitrogen and oxygen atoms in total. The molecule has 0 amide bonds. The molecular formula is C14H11BClNO5. The van der Waals surface area contributed by atoms with Crippen LogP contribution in [0.5, 0.6) is 5.75 Å². The van der Waals surface area contributed by atoms with Gasteiger partial charge in [-0.2, -0.15) is 0 Å². The van der Waals surface area contributed by atoms with Crippen molar-refractivity contribution < 1.29 is 19.5 Å². The molecule has 1 N–H and O–H groups in total. The van der Waals surface area contributed by atoms with Crippen molar-refractivity contribution in [1.29, 1.82) is 0 Å². The zero-order valence-corrected chi connectivity index (χ0v) is 12.3. The normalized spacial score (nSPS) is 10.1. The molecule has 0 radical (unpaired) electrons. The third-order valence-corrected chi connectivity index (χ3v) is 3.22. The summed E-state index contributed by atoms with van der Waals surface area (Å²) in [5.74, 6) is -0.641. The maximum Gasteiger partial charge on any atom is 0.343 e. The maximum atomic E-state index is 12.1. The van der Waals surface area contributed by atoms with E-state index in [2.05, 4.69) is 0 Å². The average molecular weight is 320 g/mol. The molecule has 0 fully saturated rings. The lowest BCUT2D eigenvalue weighted by Gasteiger charge is -2.08. The van der Waals surface area contributed by atoms with Crippen LogP contribution in [0.2, 0.25) is 11.8 Å². The van der Waals surface area contributed by atoms with E-state index in [-0.39, 0.29) is 27.5 Å². The van der Waals surface area contributed by atoms with Crippen LogP contribution in [0.4, 0.5) is 5.69 Å². The molecule has 0 saturated heterocycles. The van der Waals surface area contributed by atoms with Crippen LogP contribution in [0.1, 0.15) is 10.4 Å². The minimum Gasteiger partial charge on any atom is -0.446 e. The Labute approximate surface area is 131 Å². The molecule has 0 atom stereocenters. The highest BCUT2D eigenvalue weighted by Gasteiger charge is 2.19. The predicted molar refractivity (Wildman–Crippen MR) is 83.0 cm³/mol. The van der Waals surface area contributed by atoms with Crippen molar-refractivity contribution in [3.63, 3.8) is 0 Å². The van der Waals surface area contributed by atoms with Crippen molar-refractivity contribution in [3.8, 4) is 5.75 Å². The second kappa shape index (κ2) is 6.59. The first-order valence-corrected chi connectivity index (χ1v) is 6.70. The summed E-state index contributed by atoms with van der Waals surface area (Å²) in [7, 11) is 0. The number of hydrogen-bond donors (Lipinski definition) is 1. The highest BCUT2D eigenvalue weighted by Crippen LogP contribution is 2.24. The van der Waals surface area contributed by atoms with Crippen LogP contribution in [-0.2, 0) is 0 Å². The summed E-state index contributed by atoms with van der Waals surface area (Å²) in [4.78, 5) is 22.4. The second-order valence-corrected chi connectivity index (χ2v) is 4.97. The van der Waals surface area contributed by atoms with Crippen molar-refractivity contribution in [2.75, 3.05) is 0 Å². The Bertz CT molecular complexity index is 735. The molecule has 0 unspecified atom stereocenters. The van der Waals surface area contributed by atoms with Gasteiger partial charge in [-0.1, -0.05) is 36.6 Å². The van der Waals surface area contributed by atoms with Crippen molar-refractivity contribution in [2.24, 2.45) is 0 Å². The number of ether oxygens (including phenoxy) is 1. The van der Waals surface area contributed by atoms with Gasteiger partial charge in [0.1, 0.15) is 5.75 Å². The molecule has 0 aliphatic carbocycles. The molecule has 0 aliphatic heterocycles. The van der Waals surface area contributed by atoms with Gasteiger partial charge in [0.25, 0.3) is 5.69 Å². The van der Waals surface area contributed by atoms with Crippen LogP contribution in [0.15, 0.2) is 42.5 Å². The Hall–Kier alpha value is -2.38. The summed E-state index contributed by atoms with van der Waals surface area (Å²) in [5, 5.41) is 20.7. The lowest BCUT2D eigenvalue weighted by molar-refractivity contribution is -0.384. The van der Waals surface area contributed by atoms with Gasteiger partial charge in [0.15, 0.2) is 0 Å². The Kier molecular flexibility index (Phi) is 4.80. The SMILES string of the molecule is CB(O)c1cc(C(=O)Oc2ccccc2Cl)cc([N+](=O)[O-])c1. The van der Waals surface area contributed by atoms with Gasteiger partial charge in [-0.3, -0.25) is 10.1 Å². The fourth-order valence-electron chi connectivity index (χ4n) is 1.79. The molecule has 2 aromatic rings. The topological polar surface area (TPSA) is 89.7 Å². The maximum absolute atomic E-state index is 12.1. The molecule has 22 heavy (non-hydrogen) atoms. The Morgan fingerprint density at radius 3 is 2.59 bits per heavy atom. The number of non-ortho nitro benzene ring substituents is 1. The van der Waals surface area contributed by atoms with Gasteiger partial charge >= 0.3 is 12.9 Å². The van der Waals surface area contributed by atoms with E-state index >= 15 is 0 Å². The van der Waals surface area contributed by atoms with E-state index in [9.17, 15) is 19.9 Å². The number of benzene rings is 2. The number of nitro groups is 1. The number of hydrogen-bond acceptors (Lipinski definition) is 5. The summed E-state index contributed by atoms with van der Waals surface area (Å²) in [5.41, 5.74) is -0.0881.